The van der Waals surface area contributed by atoms with E-state index < -0.39 is 0 Å². The van der Waals surface area contributed by atoms with Gasteiger partial charge in [-0.05, 0) is 146 Å². The maximum absolute atomic E-state index is 6.72. The molecule has 2 fully saturated rings. The van der Waals surface area contributed by atoms with Crippen LogP contribution in [0.5, 0.6) is 0 Å². The fourth-order valence-corrected chi connectivity index (χ4v) is 12.6. The molecule has 0 aromatic carbocycles. The molecule has 0 bridgehead atoms. The summed E-state index contributed by atoms with van der Waals surface area (Å²) in [6, 6.07) is 0. The normalized spacial score (nSPS) is 45.8. The van der Waals surface area contributed by atoms with E-state index in [9.17, 15) is 0 Å². The Labute approximate surface area is 260 Å². The van der Waals surface area contributed by atoms with Crippen molar-refractivity contribution in [1.29, 1.82) is 0 Å². The summed E-state index contributed by atoms with van der Waals surface area (Å²) in [7, 11) is 0. The van der Waals surface area contributed by atoms with Crippen LogP contribution in [0.2, 0.25) is 0 Å². The molecule has 6 aliphatic rings. The predicted octanol–water partition coefficient (Wildman–Crippen LogP) is 9.99. The van der Waals surface area contributed by atoms with Crippen LogP contribution in [0, 0.1) is 63.1 Å². The average molecular weight is 575 g/mol. The molecule has 236 valence electrons. The lowest BCUT2D eigenvalue weighted by molar-refractivity contribution is -0.0516. The first-order valence-corrected chi connectivity index (χ1v) is 18.4. The Balaban J connectivity index is 1.57. The molecule has 9 unspecified atom stereocenters. The zero-order chi connectivity index (χ0) is 30.2. The van der Waals surface area contributed by atoms with Gasteiger partial charge in [0.25, 0.3) is 0 Å². The molecule has 6 rings (SSSR count). The number of nitrogens with two attached hydrogens (primary N) is 2. The number of hydrogen-bond donors (Lipinski definition) is 2. The van der Waals surface area contributed by atoms with E-state index in [1.807, 2.05) is 22.3 Å². The highest BCUT2D eigenvalue weighted by Crippen LogP contribution is 2.68. The summed E-state index contributed by atoms with van der Waals surface area (Å²) in [5.74, 6) is 4.98. The molecular weight excluding hydrogens is 508 g/mol. The fourth-order valence-electron chi connectivity index (χ4n) is 12.6. The van der Waals surface area contributed by atoms with Crippen LogP contribution in [0.1, 0.15) is 139 Å². The number of rotatable bonds is 5. The van der Waals surface area contributed by atoms with E-state index in [-0.39, 0.29) is 10.8 Å². The van der Waals surface area contributed by atoms with E-state index >= 15 is 0 Å². The van der Waals surface area contributed by atoms with Gasteiger partial charge in [0.1, 0.15) is 0 Å². The maximum atomic E-state index is 6.72. The summed E-state index contributed by atoms with van der Waals surface area (Å²) in [5.41, 5.74) is 23.9. The number of hydrogen-bond acceptors (Lipinski definition) is 2. The minimum absolute atomic E-state index is 0.259. The Hall–Kier alpha value is -0.860. The molecular formula is C40H66N2. The molecule has 0 amide bonds. The molecule has 0 radical (unpaired) electrons. The monoisotopic (exact) mass is 575 g/mol. The Morgan fingerprint density at radius 3 is 2.10 bits per heavy atom. The predicted molar refractivity (Wildman–Crippen MR) is 180 cm³/mol. The highest BCUT2D eigenvalue weighted by Gasteiger charge is 2.59. The van der Waals surface area contributed by atoms with E-state index in [1.165, 1.54) is 83.5 Å². The summed E-state index contributed by atoms with van der Waals surface area (Å²) in [6.07, 6.45) is 20.2. The van der Waals surface area contributed by atoms with Crippen LogP contribution in [0.25, 0.3) is 0 Å². The molecule has 0 spiro atoms. The molecule has 2 nitrogen and oxygen atoms in total. The lowest BCUT2D eigenvalue weighted by Gasteiger charge is -2.62. The molecule has 0 heterocycles. The van der Waals surface area contributed by atoms with Crippen LogP contribution in [0.3, 0.4) is 0 Å². The summed E-state index contributed by atoms with van der Waals surface area (Å²) in [4.78, 5) is 0. The largest absolute Gasteiger partial charge is 0.330 e. The van der Waals surface area contributed by atoms with Crippen molar-refractivity contribution in [2.24, 2.45) is 74.6 Å². The Morgan fingerprint density at radius 2 is 1.45 bits per heavy atom. The van der Waals surface area contributed by atoms with Gasteiger partial charge < -0.3 is 11.5 Å². The average Bonchev–Trinajstić information content (AvgIpc) is 2.96. The lowest BCUT2D eigenvalue weighted by Crippen LogP contribution is -2.55. The lowest BCUT2D eigenvalue weighted by atomic mass is 9.42. The minimum Gasteiger partial charge on any atom is -0.330 e. The Kier molecular flexibility index (Phi) is 8.07. The molecule has 6 aliphatic carbocycles. The van der Waals surface area contributed by atoms with Gasteiger partial charge in [-0.15, -0.1) is 0 Å². The first-order valence-electron chi connectivity index (χ1n) is 18.4. The SMILES string of the molecule is CC(C)C1=CC2=C(C3CC4C(C)(CN)CCCC4(C)C4=C3CC(C(C)C)CC4)CC3C(C)(CN)CCCC3(C)C2CC1. The summed E-state index contributed by atoms with van der Waals surface area (Å²) in [5, 5.41) is 0. The molecule has 42 heavy (non-hydrogen) atoms. The van der Waals surface area contributed by atoms with E-state index in [0.29, 0.717) is 40.4 Å². The third kappa shape index (κ3) is 4.61. The summed E-state index contributed by atoms with van der Waals surface area (Å²) < 4.78 is 0. The van der Waals surface area contributed by atoms with E-state index in [2.05, 4.69) is 61.5 Å². The van der Waals surface area contributed by atoms with Crippen LogP contribution < -0.4 is 11.5 Å². The number of fused-ring (bicyclic) bond motifs is 5. The maximum Gasteiger partial charge on any atom is 0.00191 e. The highest BCUT2D eigenvalue weighted by molar-refractivity contribution is 5.46. The first kappa shape index (κ1) is 31.1. The van der Waals surface area contributed by atoms with Gasteiger partial charge in [0, 0.05) is 5.92 Å². The summed E-state index contributed by atoms with van der Waals surface area (Å²) in [6.45, 7) is 22.1. The second kappa shape index (κ2) is 10.9. The van der Waals surface area contributed by atoms with E-state index in [1.54, 1.807) is 5.57 Å². The van der Waals surface area contributed by atoms with Crippen LogP contribution in [-0.4, -0.2) is 13.1 Å². The first-order chi connectivity index (χ1) is 19.8. The van der Waals surface area contributed by atoms with Crippen LogP contribution in [-0.2, 0) is 0 Å². The van der Waals surface area contributed by atoms with Crippen molar-refractivity contribution in [3.8, 4) is 0 Å². The Bertz CT molecular complexity index is 1150. The van der Waals surface area contributed by atoms with Crippen molar-refractivity contribution in [2.75, 3.05) is 13.1 Å². The van der Waals surface area contributed by atoms with Gasteiger partial charge in [0.05, 0.1) is 0 Å². The van der Waals surface area contributed by atoms with Crippen molar-refractivity contribution in [2.45, 2.75) is 139 Å². The van der Waals surface area contributed by atoms with Gasteiger partial charge in [0.15, 0.2) is 0 Å². The second-order valence-corrected chi connectivity index (χ2v) is 18.1. The summed E-state index contributed by atoms with van der Waals surface area (Å²) >= 11 is 0. The van der Waals surface area contributed by atoms with Crippen molar-refractivity contribution >= 4 is 0 Å². The van der Waals surface area contributed by atoms with Gasteiger partial charge >= 0.3 is 0 Å². The zero-order valence-electron chi connectivity index (χ0n) is 28.9. The van der Waals surface area contributed by atoms with E-state index in [0.717, 1.165) is 24.9 Å². The van der Waals surface area contributed by atoms with Gasteiger partial charge in [-0.2, -0.15) is 0 Å². The van der Waals surface area contributed by atoms with E-state index in [4.69, 9.17) is 11.5 Å². The van der Waals surface area contributed by atoms with Gasteiger partial charge in [-0.3, -0.25) is 0 Å². The van der Waals surface area contributed by atoms with Crippen molar-refractivity contribution in [3.05, 3.63) is 33.9 Å². The van der Waals surface area contributed by atoms with Crippen molar-refractivity contribution < 1.29 is 0 Å². The topological polar surface area (TPSA) is 52.0 Å². The van der Waals surface area contributed by atoms with Crippen LogP contribution in [0.15, 0.2) is 33.9 Å². The van der Waals surface area contributed by atoms with Crippen molar-refractivity contribution in [1.82, 2.24) is 0 Å². The number of allylic oxidation sites excluding steroid dienone is 6. The van der Waals surface area contributed by atoms with Gasteiger partial charge in [-0.1, -0.05) is 96.6 Å². The third-order valence-electron chi connectivity index (χ3n) is 15.4. The van der Waals surface area contributed by atoms with Crippen LogP contribution >= 0.6 is 0 Å². The second-order valence-electron chi connectivity index (χ2n) is 18.1. The highest BCUT2D eigenvalue weighted by atomic mass is 14.7. The molecule has 9 atom stereocenters. The molecule has 2 saturated carbocycles. The van der Waals surface area contributed by atoms with Crippen LogP contribution in [0.4, 0.5) is 0 Å². The smallest absolute Gasteiger partial charge is 0.00191 e. The standard InChI is InChI=1S/C40H66N2/c1-25(2)27-11-13-33-31(19-27)29(21-35-37(5,23-41)15-9-17-39(33,35)7)30-22-36-38(6,24-42)16-10-18-40(36,8)34-14-12-28(26(3)4)20-32(30)34/h19,25-26,28,30,33,35-36H,9-18,20-24,41-42H2,1-8H3. The molecule has 2 heteroatoms. The van der Waals surface area contributed by atoms with Gasteiger partial charge in [0.2, 0.25) is 0 Å². The molecule has 0 aromatic rings. The van der Waals surface area contributed by atoms with Crippen molar-refractivity contribution in [3.63, 3.8) is 0 Å². The molecule has 4 N–H and O–H groups in total. The fraction of sp³-hybridized carbons (Fsp3) is 0.850. The minimum atomic E-state index is 0.259. The van der Waals surface area contributed by atoms with Gasteiger partial charge in [-0.25, -0.2) is 0 Å². The Morgan fingerprint density at radius 1 is 0.786 bits per heavy atom. The quantitative estimate of drug-likeness (QED) is 0.321. The zero-order valence-corrected chi connectivity index (χ0v) is 28.9. The molecule has 0 aliphatic heterocycles. The molecule has 0 saturated heterocycles. The third-order valence-corrected chi connectivity index (χ3v) is 15.4. The molecule has 0 aromatic heterocycles.